The lowest BCUT2D eigenvalue weighted by molar-refractivity contribution is -0.153. The summed E-state index contributed by atoms with van der Waals surface area (Å²) in [6.45, 7) is 7.21. The highest BCUT2D eigenvalue weighted by atomic mass is 35.5. The molecule has 2 aromatic rings. The van der Waals surface area contributed by atoms with Crippen LogP contribution in [-0.4, -0.2) is 28.2 Å². The van der Waals surface area contributed by atoms with Gasteiger partial charge in [-0.25, -0.2) is 0 Å². The molecular weight excluding hydrogens is 377 g/mol. The van der Waals surface area contributed by atoms with Crippen LogP contribution in [0.5, 0.6) is 0 Å². The maximum Gasteiger partial charge on any atom is 0.307 e. The minimum atomic E-state index is -0.962. The van der Waals surface area contributed by atoms with Crippen LogP contribution in [0.4, 0.5) is 5.69 Å². The van der Waals surface area contributed by atoms with Gasteiger partial charge in [0.1, 0.15) is 0 Å². The minimum Gasteiger partial charge on any atom is -0.453 e. The second-order valence-corrected chi connectivity index (χ2v) is 7.04. The number of aryl methyl sites for hydroxylation is 2. The molecule has 0 aliphatic heterocycles. The lowest BCUT2D eigenvalue weighted by Gasteiger charge is -2.16. The summed E-state index contributed by atoms with van der Waals surface area (Å²) in [6.07, 6.45) is -0.812. The number of ether oxygens (including phenoxy) is 1. The van der Waals surface area contributed by atoms with Gasteiger partial charge in [0, 0.05) is 10.7 Å². The van der Waals surface area contributed by atoms with Crippen LogP contribution in [-0.2, 0) is 14.3 Å². The van der Waals surface area contributed by atoms with Crippen molar-refractivity contribution < 1.29 is 14.3 Å². The van der Waals surface area contributed by atoms with Crippen molar-refractivity contribution in [3.63, 3.8) is 0 Å². The number of rotatable bonds is 6. The van der Waals surface area contributed by atoms with Crippen molar-refractivity contribution >= 4 is 40.8 Å². The molecule has 2 N–H and O–H groups in total. The number of H-pyrrole nitrogens is 1. The molecule has 0 bridgehead atoms. The Labute approximate surface area is 162 Å². The van der Waals surface area contributed by atoms with Crippen LogP contribution in [0.15, 0.2) is 18.2 Å². The number of esters is 1. The van der Waals surface area contributed by atoms with Crippen molar-refractivity contribution in [2.45, 2.75) is 46.1 Å². The first kappa shape index (κ1) is 20.3. The van der Waals surface area contributed by atoms with Crippen LogP contribution < -0.4 is 5.32 Å². The molecule has 6 nitrogen and oxygen atoms in total. The van der Waals surface area contributed by atoms with Gasteiger partial charge in [0.25, 0.3) is 5.91 Å². The summed E-state index contributed by atoms with van der Waals surface area (Å²) in [4.78, 5) is 24.4. The summed E-state index contributed by atoms with van der Waals surface area (Å²) in [5, 5.41) is 10.4. The van der Waals surface area contributed by atoms with Crippen molar-refractivity contribution in [1.82, 2.24) is 10.2 Å². The van der Waals surface area contributed by atoms with Gasteiger partial charge in [0.05, 0.1) is 22.8 Å². The van der Waals surface area contributed by atoms with Gasteiger partial charge in [-0.15, -0.1) is 0 Å². The molecule has 26 heavy (non-hydrogen) atoms. The van der Waals surface area contributed by atoms with Crippen LogP contribution in [0.2, 0.25) is 10.0 Å². The van der Waals surface area contributed by atoms with E-state index in [1.54, 1.807) is 12.1 Å². The van der Waals surface area contributed by atoms with E-state index in [-0.39, 0.29) is 12.3 Å². The fourth-order valence-electron chi connectivity index (χ4n) is 2.76. The molecule has 0 aliphatic rings. The highest BCUT2D eigenvalue weighted by Crippen LogP contribution is 2.26. The van der Waals surface area contributed by atoms with Gasteiger partial charge < -0.3 is 10.1 Å². The monoisotopic (exact) mass is 397 g/mol. The van der Waals surface area contributed by atoms with Crippen molar-refractivity contribution in [2.75, 3.05) is 5.32 Å². The molecule has 0 spiro atoms. The summed E-state index contributed by atoms with van der Waals surface area (Å²) in [5.74, 6) is -1.01. The number of nitrogens with zero attached hydrogens (tertiary/aromatic N) is 1. The number of benzene rings is 1. The number of carbonyl (C=O) groups excluding carboxylic acids is 2. The topological polar surface area (TPSA) is 84.1 Å². The molecule has 1 aromatic carbocycles. The van der Waals surface area contributed by atoms with Gasteiger partial charge >= 0.3 is 5.97 Å². The predicted octanol–water partition coefficient (Wildman–Crippen LogP) is 4.40. The zero-order chi connectivity index (χ0) is 19.4. The first-order chi connectivity index (χ1) is 12.2. The van der Waals surface area contributed by atoms with E-state index in [0.29, 0.717) is 15.7 Å². The molecule has 0 radical (unpaired) electrons. The van der Waals surface area contributed by atoms with Crippen molar-refractivity contribution in [3.05, 3.63) is 45.2 Å². The Balaban J connectivity index is 1.94. The normalized spacial score (nSPS) is 13.2. The SMILES string of the molecule is Cc1n[nH]c(C)c1[C@H](C)CC(=O)O[C@H](C)C(=O)Nc1cc(Cl)ccc1Cl. The third-order valence-corrected chi connectivity index (χ3v) is 4.58. The lowest BCUT2D eigenvalue weighted by atomic mass is 9.96. The largest absolute Gasteiger partial charge is 0.453 e. The molecule has 1 heterocycles. The van der Waals surface area contributed by atoms with E-state index in [0.717, 1.165) is 17.0 Å². The van der Waals surface area contributed by atoms with E-state index in [1.165, 1.54) is 13.0 Å². The van der Waals surface area contributed by atoms with Crippen molar-refractivity contribution in [1.29, 1.82) is 0 Å². The maximum absolute atomic E-state index is 12.2. The van der Waals surface area contributed by atoms with Gasteiger partial charge in [-0.2, -0.15) is 5.10 Å². The summed E-state index contributed by atoms with van der Waals surface area (Å²) in [6, 6.07) is 4.72. The number of nitrogens with one attached hydrogen (secondary N) is 2. The van der Waals surface area contributed by atoms with Gasteiger partial charge in [0.2, 0.25) is 0 Å². The standard InChI is InChI=1S/C18H21Cl2N3O3/c1-9(17-10(2)22-23-11(17)3)7-16(24)26-12(4)18(25)21-15-8-13(19)5-6-14(15)20/h5-6,8-9,12H,7H2,1-4H3,(H,21,25)(H,22,23)/t9-,12-/m1/s1. The van der Waals surface area contributed by atoms with Crippen LogP contribution >= 0.6 is 23.2 Å². The number of hydrogen-bond donors (Lipinski definition) is 2. The van der Waals surface area contributed by atoms with Crippen molar-refractivity contribution in [3.8, 4) is 0 Å². The molecule has 1 aromatic heterocycles. The summed E-state index contributed by atoms with van der Waals surface area (Å²) >= 11 is 11.9. The second-order valence-electron chi connectivity index (χ2n) is 6.20. The van der Waals surface area contributed by atoms with Crippen LogP contribution in [0.3, 0.4) is 0 Å². The van der Waals surface area contributed by atoms with Crippen LogP contribution in [0.25, 0.3) is 0 Å². The van der Waals surface area contributed by atoms with Gasteiger partial charge in [-0.3, -0.25) is 14.7 Å². The molecule has 1 amide bonds. The summed E-state index contributed by atoms with van der Waals surface area (Å²) < 4.78 is 5.25. The van der Waals surface area contributed by atoms with Crippen LogP contribution in [0.1, 0.15) is 43.1 Å². The molecule has 0 unspecified atom stereocenters. The Morgan fingerprint density at radius 2 is 1.96 bits per heavy atom. The molecule has 0 fully saturated rings. The molecule has 140 valence electrons. The molecule has 8 heteroatoms. The number of amides is 1. The third-order valence-electron chi connectivity index (χ3n) is 4.01. The highest BCUT2D eigenvalue weighted by molar-refractivity contribution is 6.35. The molecule has 0 aliphatic carbocycles. The van der Waals surface area contributed by atoms with E-state index in [1.807, 2.05) is 20.8 Å². The second kappa shape index (κ2) is 8.56. The Morgan fingerprint density at radius 1 is 1.27 bits per heavy atom. The Morgan fingerprint density at radius 3 is 2.58 bits per heavy atom. The van der Waals surface area contributed by atoms with Gasteiger partial charge in [-0.1, -0.05) is 30.1 Å². The van der Waals surface area contributed by atoms with E-state index < -0.39 is 18.0 Å². The van der Waals surface area contributed by atoms with E-state index in [9.17, 15) is 9.59 Å². The number of aromatic amines is 1. The fourth-order valence-corrected chi connectivity index (χ4v) is 3.10. The van der Waals surface area contributed by atoms with Gasteiger partial charge in [-0.05, 0) is 50.5 Å². The fraction of sp³-hybridized carbons (Fsp3) is 0.389. The Bertz CT molecular complexity index is 801. The number of aromatic nitrogens is 2. The molecule has 2 rings (SSSR count). The molecule has 2 atom stereocenters. The zero-order valence-corrected chi connectivity index (χ0v) is 16.5. The number of carbonyl (C=O) groups is 2. The number of anilines is 1. The van der Waals surface area contributed by atoms with E-state index in [4.69, 9.17) is 27.9 Å². The average molecular weight is 398 g/mol. The smallest absolute Gasteiger partial charge is 0.307 e. The average Bonchev–Trinajstić information content (AvgIpc) is 2.89. The highest BCUT2D eigenvalue weighted by Gasteiger charge is 2.23. The van der Waals surface area contributed by atoms with Gasteiger partial charge in [0.15, 0.2) is 6.10 Å². The Kier molecular flexibility index (Phi) is 6.67. The molecular formula is C18H21Cl2N3O3. The molecule has 0 saturated carbocycles. The predicted molar refractivity (Wildman–Crippen MR) is 102 cm³/mol. The Hall–Kier alpha value is -2.05. The lowest BCUT2D eigenvalue weighted by Crippen LogP contribution is -2.30. The first-order valence-corrected chi connectivity index (χ1v) is 8.91. The van der Waals surface area contributed by atoms with E-state index in [2.05, 4.69) is 15.5 Å². The first-order valence-electron chi connectivity index (χ1n) is 8.16. The van der Waals surface area contributed by atoms with E-state index >= 15 is 0 Å². The number of halogens is 2. The molecule has 0 saturated heterocycles. The third kappa shape index (κ3) is 4.99. The quantitative estimate of drug-likeness (QED) is 0.707. The number of hydrogen-bond acceptors (Lipinski definition) is 4. The minimum absolute atomic E-state index is 0.0705. The van der Waals surface area contributed by atoms with Crippen LogP contribution in [0, 0.1) is 13.8 Å². The maximum atomic E-state index is 12.2. The zero-order valence-electron chi connectivity index (χ0n) is 15.0. The summed E-state index contributed by atoms with van der Waals surface area (Å²) in [7, 11) is 0. The summed E-state index contributed by atoms with van der Waals surface area (Å²) in [5.41, 5.74) is 3.13. The van der Waals surface area contributed by atoms with Crippen molar-refractivity contribution in [2.24, 2.45) is 0 Å².